The molecule has 0 bridgehead atoms. The van der Waals surface area contributed by atoms with Gasteiger partial charge in [0.1, 0.15) is 11.5 Å². The van der Waals surface area contributed by atoms with Crippen LogP contribution in [0.3, 0.4) is 0 Å². The number of primary amides is 1. The van der Waals surface area contributed by atoms with Crippen molar-refractivity contribution in [1.29, 1.82) is 0 Å². The first-order valence-corrected chi connectivity index (χ1v) is 6.52. The maximum atomic E-state index is 14.3. The van der Waals surface area contributed by atoms with Crippen LogP contribution < -0.4 is 5.73 Å². The maximum absolute atomic E-state index is 14.3. The van der Waals surface area contributed by atoms with Gasteiger partial charge in [0.25, 0.3) is 5.91 Å². The minimum atomic E-state index is -0.630. The number of nitrogens with zero attached hydrogens (tertiary/aromatic N) is 1. The van der Waals surface area contributed by atoms with Crippen molar-refractivity contribution in [2.24, 2.45) is 5.73 Å². The Hall–Kier alpha value is -2.75. The van der Waals surface area contributed by atoms with Crippen LogP contribution in [-0.4, -0.2) is 10.9 Å². The van der Waals surface area contributed by atoms with Gasteiger partial charge in [0, 0.05) is 10.9 Å². The van der Waals surface area contributed by atoms with Crippen LogP contribution in [0, 0.1) is 12.7 Å². The van der Waals surface area contributed by atoms with Gasteiger partial charge in [0.05, 0.1) is 5.52 Å². The van der Waals surface area contributed by atoms with Gasteiger partial charge >= 0.3 is 0 Å². The van der Waals surface area contributed by atoms with E-state index in [0.29, 0.717) is 16.6 Å². The van der Waals surface area contributed by atoms with Gasteiger partial charge in [0.15, 0.2) is 0 Å². The van der Waals surface area contributed by atoms with Crippen molar-refractivity contribution in [3.8, 4) is 11.1 Å². The smallest absolute Gasteiger partial charge is 0.267 e. The van der Waals surface area contributed by atoms with Crippen molar-refractivity contribution in [3.63, 3.8) is 0 Å². The Morgan fingerprint density at radius 3 is 2.57 bits per heavy atom. The second kappa shape index (κ2) is 4.98. The molecule has 104 valence electrons. The van der Waals surface area contributed by atoms with Crippen molar-refractivity contribution in [2.45, 2.75) is 6.92 Å². The molecule has 0 atom stereocenters. The molecule has 1 amide bonds. The predicted molar refractivity (Wildman–Crippen MR) is 80.4 cm³/mol. The summed E-state index contributed by atoms with van der Waals surface area (Å²) in [5.41, 5.74) is 7.95. The largest absolute Gasteiger partial charge is 0.364 e. The molecule has 0 saturated carbocycles. The summed E-state index contributed by atoms with van der Waals surface area (Å²) in [6, 6.07) is 13.8. The molecule has 0 aliphatic rings. The fraction of sp³-hybridized carbons (Fsp3) is 0.0588. The molecule has 1 heterocycles. The fourth-order valence-corrected chi connectivity index (χ4v) is 2.36. The summed E-state index contributed by atoms with van der Waals surface area (Å²) in [4.78, 5) is 15.6. The van der Waals surface area contributed by atoms with Crippen LogP contribution in [0.2, 0.25) is 0 Å². The Kier molecular flexibility index (Phi) is 3.14. The number of aromatic nitrogens is 1. The van der Waals surface area contributed by atoms with Gasteiger partial charge in [-0.15, -0.1) is 0 Å². The number of fused-ring (bicyclic) bond motifs is 1. The van der Waals surface area contributed by atoms with Crippen LogP contribution in [0.15, 0.2) is 48.5 Å². The number of hydrogen-bond acceptors (Lipinski definition) is 2. The molecule has 3 aromatic rings. The minimum Gasteiger partial charge on any atom is -0.364 e. The number of para-hydroxylation sites is 1. The number of carbonyl (C=O) groups is 1. The van der Waals surface area contributed by atoms with E-state index in [4.69, 9.17) is 5.73 Å². The lowest BCUT2D eigenvalue weighted by Gasteiger charge is -2.10. The molecule has 4 heteroatoms. The van der Waals surface area contributed by atoms with Gasteiger partial charge in [-0.3, -0.25) is 4.79 Å². The molecule has 0 unspecified atom stereocenters. The quantitative estimate of drug-likeness (QED) is 0.781. The molecular weight excluding hydrogens is 267 g/mol. The third-order valence-electron chi connectivity index (χ3n) is 3.38. The first-order valence-electron chi connectivity index (χ1n) is 6.52. The zero-order valence-electron chi connectivity index (χ0n) is 11.4. The van der Waals surface area contributed by atoms with Crippen molar-refractivity contribution in [3.05, 3.63) is 65.6 Å². The molecule has 3 rings (SSSR count). The zero-order valence-corrected chi connectivity index (χ0v) is 11.4. The van der Waals surface area contributed by atoms with E-state index in [1.54, 1.807) is 18.2 Å². The highest BCUT2D eigenvalue weighted by molar-refractivity contribution is 6.00. The SMILES string of the molecule is Cc1ccc(-c2cc(C(N)=O)nc3ccccc23)c(F)c1. The fourth-order valence-electron chi connectivity index (χ4n) is 2.36. The maximum Gasteiger partial charge on any atom is 0.267 e. The third kappa shape index (κ3) is 2.36. The summed E-state index contributed by atoms with van der Waals surface area (Å²) >= 11 is 0. The number of hydrogen-bond donors (Lipinski definition) is 1. The van der Waals surface area contributed by atoms with E-state index in [2.05, 4.69) is 4.98 Å². The topological polar surface area (TPSA) is 56.0 Å². The number of pyridine rings is 1. The van der Waals surface area contributed by atoms with Gasteiger partial charge in [0.2, 0.25) is 0 Å². The predicted octanol–water partition coefficient (Wildman–Crippen LogP) is 3.45. The highest BCUT2D eigenvalue weighted by Crippen LogP contribution is 2.30. The molecular formula is C17H13FN2O. The molecule has 3 nitrogen and oxygen atoms in total. The Bertz CT molecular complexity index is 859. The van der Waals surface area contributed by atoms with E-state index in [0.717, 1.165) is 10.9 Å². The third-order valence-corrected chi connectivity index (χ3v) is 3.38. The molecule has 2 aromatic carbocycles. The summed E-state index contributed by atoms with van der Waals surface area (Å²) in [5.74, 6) is -0.962. The molecule has 0 fully saturated rings. The molecule has 1 aromatic heterocycles. The van der Waals surface area contributed by atoms with E-state index in [9.17, 15) is 9.18 Å². The molecule has 0 saturated heterocycles. The van der Waals surface area contributed by atoms with Gasteiger partial charge < -0.3 is 5.73 Å². The summed E-state index contributed by atoms with van der Waals surface area (Å²) in [6.07, 6.45) is 0. The van der Waals surface area contributed by atoms with E-state index in [-0.39, 0.29) is 11.5 Å². The van der Waals surface area contributed by atoms with Crippen molar-refractivity contribution < 1.29 is 9.18 Å². The average molecular weight is 280 g/mol. The van der Waals surface area contributed by atoms with E-state index >= 15 is 0 Å². The number of nitrogens with two attached hydrogens (primary N) is 1. The van der Waals surface area contributed by atoms with Crippen LogP contribution in [0.5, 0.6) is 0 Å². The van der Waals surface area contributed by atoms with Crippen molar-refractivity contribution in [1.82, 2.24) is 4.98 Å². The monoisotopic (exact) mass is 280 g/mol. The van der Waals surface area contributed by atoms with Crippen LogP contribution >= 0.6 is 0 Å². The van der Waals surface area contributed by atoms with Crippen molar-refractivity contribution >= 4 is 16.8 Å². The minimum absolute atomic E-state index is 0.128. The molecule has 0 radical (unpaired) electrons. The van der Waals surface area contributed by atoms with Crippen LogP contribution in [0.4, 0.5) is 4.39 Å². The molecule has 0 aliphatic carbocycles. The Balaban J connectivity index is 2.37. The van der Waals surface area contributed by atoms with Crippen LogP contribution in [-0.2, 0) is 0 Å². The highest BCUT2D eigenvalue weighted by Gasteiger charge is 2.13. The summed E-state index contributed by atoms with van der Waals surface area (Å²) in [5, 5.41) is 0.783. The Morgan fingerprint density at radius 2 is 1.86 bits per heavy atom. The van der Waals surface area contributed by atoms with Crippen molar-refractivity contribution in [2.75, 3.05) is 0 Å². The van der Waals surface area contributed by atoms with Gasteiger partial charge in [-0.1, -0.05) is 30.3 Å². The number of halogens is 1. The lowest BCUT2D eigenvalue weighted by atomic mass is 9.98. The Morgan fingerprint density at radius 1 is 1.10 bits per heavy atom. The number of amides is 1. The second-order valence-corrected chi connectivity index (χ2v) is 4.92. The lowest BCUT2D eigenvalue weighted by molar-refractivity contribution is 0.0996. The van der Waals surface area contributed by atoms with E-state index in [1.807, 2.05) is 31.2 Å². The lowest BCUT2D eigenvalue weighted by Crippen LogP contribution is -2.13. The average Bonchev–Trinajstić information content (AvgIpc) is 2.46. The molecule has 2 N–H and O–H groups in total. The van der Waals surface area contributed by atoms with E-state index in [1.165, 1.54) is 6.07 Å². The van der Waals surface area contributed by atoms with Gasteiger partial charge in [-0.25, -0.2) is 9.37 Å². The summed E-state index contributed by atoms with van der Waals surface area (Å²) < 4.78 is 14.3. The Labute approximate surface area is 121 Å². The number of benzene rings is 2. The van der Waals surface area contributed by atoms with Gasteiger partial charge in [-0.2, -0.15) is 0 Å². The second-order valence-electron chi connectivity index (χ2n) is 4.92. The first-order chi connectivity index (χ1) is 10.1. The molecule has 0 aliphatic heterocycles. The highest BCUT2D eigenvalue weighted by atomic mass is 19.1. The number of aryl methyl sites for hydroxylation is 1. The van der Waals surface area contributed by atoms with Crippen LogP contribution in [0.25, 0.3) is 22.0 Å². The zero-order chi connectivity index (χ0) is 15.0. The normalized spacial score (nSPS) is 10.8. The molecule has 0 spiro atoms. The van der Waals surface area contributed by atoms with Gasteiger partial charge in [-0.05, 0) is 36.2 Å². The number of rotatable bonds is 2. The first kappa shape index (κ1) is 13.2. The summed E-state index contributed by atoms with van der Waals surface area (Å²) in [7, 11) is 0. The number of carbonyl (C=O) groups excluding carboxylic acids is 1. The standard InChI is InChI=1S/C17H13FN2O/c1-10-6-7-11(14(18)8-10)13-9-16(17(19)21)20-15-5-3-2-4-12(13)15/h2-9H,1H3,(H2,19,21). The summed E-state index contributed by atoms with van der Waals surface area (Å²) in [6.45, 7) is 1.83. The van der Waals surface area contributed by atoms with E-state index < -0.39 is 5.91 Å². The molecule has 21 heavy (non-hydrogen) atoms. The van der Waals surface area contributed by atoms with Crippen LogP contribution in [0.1, 0.15) is 16.1 Å².